The van der Waals surface area contributed by atoms with E-state index in [9.17, 15) is 0 Å². The minimum absolute atomic E-state index is 0.278. The summed E-state index contributed by atoms with van der Waals surface area (Å²) in [5.41, 5.74) is 17.2. The molecule has 2 atom stereocenters. The van der Waals surface area contributed by atoms with Gasteiger partial charge >= 0.3 is 0 Å². The summed E-state index contributed by atoms with van der Waals surface area (Å²) in [5, 5.41) is 0. The van der Waals surface area contributed by atoms with E-state index in [1.54, 1.807) is 0 Å². The molecule has 0 heteroatoms. The van der Waals surface area contributed by atoms with Crippen LogP contribution in [0.25, 0.3) is 11.6 Å². The van der Waals surface area contributed by atoms with Crippen molar-refractivity contribution in [3.63, 3.8) is 0 Å². The van der Waals surface area contributed by atoms with Crippen molar-refractivity contribution in [2.24, 2.45) is 5.92 Å². The van der Waals surface area contributed by atoms with E-state index in [0.29, 0.717) is 5.92 Å². The fourth-order valence-corrected chi connectivity index (χ4v) is 6.63. The van der Waals surface area contributed by atoms with Crippen molar-refractivity contribution >= 4 is 11.6 Å². The number of hydrogen-bond donors (Lipinski definition) is 0. The lowest BCUT2D eigenvalue weighted by Crippen LogP contribution is -2.21. The number of benzene rings is 3. The smallest absolute Gasteiger partial charge is 0.0201 e. The van der Waals surface area contributed by atoms with Gasteiger partial charge in [0.05, 0.1) is 0 Å². The molecule has 0 nitrogen and oxygen atoms in total. The number of allylic oxidation sites excluding steroid dienone is 8. The summed E-state index contributed by atoms with van der Waals surface area (Å²) in [6, 6.07) is 27.0. The van der Waals surface area contributed by atoms with E-state index < -0.39 is 0 Å². The molecule has 3 aromatic rings. The Hall–Kier alpha value is -3.90. The lowest BCUT2D eigenvalue weighted by Gasteiger charge is -2.34. The Morgan fingerprint density at radius 2 is 1.44 bits per heavy atom. The van der Waals surface area contributed by atoms with Crippen LogP contribution in [0.15, 0.2) is 132 Å². The van der Waals surface area contributed by atoms with Crippen LogP contribution in [-0.2, 0) is 12.8 Å². The van der Waals surface area contributed by atoms with Gasteiger partial charge in [-0.25, -0.2) is 0 Å². The molecule has 2 aliphatic rings. The standard InChI is InChI=1S/C41H44/c1-8-9-29(5)39-30(6)24-38-26-37(31(7)40(38)41(39)36-20-10-28(4)11-21-36)25-34-16-14-32(15-17-34)12-13-33-18-22-35(23-19-33)27(2)3/h10-11,14-25,40-41H,2,5,7-9,12-13,26H2,1,3-4,6H3/b37-25+. The first-order valence-corrected chi connectivity index (χ1v) is 15.1. The Bertz CT molecular complexity index is 1550. The summed E-state index contributed by atoms with van der Waals surface area (Å²) in [4.78, 5) is 0. The fourth-order valence-electron chi connectivity index (χ4n) is 6.63. The molecule has 3 aromatic carbocycles. The van der Waals surface area contributed by atoms with Crippen LogP contribution in [0.5, 0.6) is 0 Å². The van der Waals surface area contributed by atoms with Crippen LogP contribution in [0.3, 0.4) is 0 Å². The predicted molar refractivity (Wildman–Crippen MR) is 179 cm³/mol. The van der Waals surface area contributed by atoms with E-state index in [4.69, 9.17) is 6.58 Å². The average molecular weight is 537 g/mol. The van der Waals surface area contributed by atoms with Crippen LogP contribution in [0.4, 0.5) is 0 Å². The Labute approximate surface area is 248 Å². The fraction of sp³-hybridized carbons (Fsp3) is 0.268. The Kier molecular flexibility index (Phi) is 8.60. The lowest BCUT2D eigenvalue weighted by atomic mass is 9.69. The molecule has 0 radical (unpaired) electrons. The quantitative estimate of drug-likeness (QED) is 0.255. The van der Waals surface area contributed by atoms with Crippen LogP contribution in [-0.4, -0.2) is 0 Å². The molecular weight excluding hydrogens is 492 g/mol. The van der Waals surface area contributed by atoms with Crippen molar-refractivity contribution in [2.75, 3.05) is 0 Å². The number of rotatable bonds is 9. The first-order valence-electron chi connectivity index (χ1n) is 15.1. The molecule has 1 saturated carbocycles. The first-order chi connectivity index (χ1) is 19.7. The molecule has 2 unspecified atom stereocenters. The van der Waals surface area contributed by atoms with Crippen molar-refractivity contribution in [1.82, 2.24) is 0 Å². The average Bonchev–Trinajstić information content (AvgIpc) is 3.26. The molecule has 0 aromatic heterocycles. The molecule has 0 aliphatic heterocycles. The Morgan fingerprint density at radius 1 is 0.829 bits per heavy atom. The Balaban J connectivity index is 1.36. The van der Waals surface area contributed by atoms with Crippen molar-refractivity contribution in [3.8, 4) is 0 Å². The zero-order chi connectivity index (χ0) is 29.1. The molecule has 0 bridgehead atoms. The van der Waals surface area contributed by atoms with Crippen LogP contribution in [0.1, 0.15) is 79.3 Å². The Morgan fingerprint density at radius 3 is 2.02 bits per heavy atom. The maximum absolute atomic E-state index is 4.70. The van der Waals surface area contributed by atoms with Crippen LogP contribution >= 0.6 is 0 Å². The molecule has 5 rings (SSSR count). The van der Waals surface area contributed by atoms with E-state index in [0.717, 1.165) is 37.7 Å². The van der Waals surface area contributed by atoms with Gasteiger partial charge in [-0.3, -0.25) is 0 Å². The molecule has 0 N–H and O–H groups in total. The van der Waals surface area contributed by atoms with Gasteiger partial charge in [-0.1, -0.05) is 140 Å². The SMILES string of the molecule is C=C(CCC)C1=C(C)C=C2C/C(=C\c3ccc(CCc4ccc(C(=C)C)cc4)cc3)C(=C)C2C1c1ccc(C)cc1. The van der Waals surface area contributed by atoms with E-state index in [-0.39, 0.29) is 5.92 Å². The highest BCUT2D eigenvalue weighted by atomic mass is 14.4. The third-order valence-corrected chi connectivity index (χ3v) is 8.89. The highest BCUT2D eigenvalue weighted by Crippen LogP contribution is 2.55. The van der Waals surface area contributed by atoms with E-state index in [1.165, 1.54) is 66.8 Å². The summed E-state index contributed by atoms with van der Waals surface area (Å²) in [5.74, 6) is 0.576. The summed E-state index contributed by atoms with van der Waals surface area (Å²) in [7, 11) is 0. The number of fused-ring (bicyclic) bond motifs is 1. The van der Waals surface area contributed by atoms with E-state index in [1.807, 2.05) is 0 Å². The third kappa shape index (κ3) is 6.23. The van der Waals surface area contributed by atoms with Crippen molar-refractivity contribution in [1.29, 1.82) is 0 Å². The number of aryl methyl sites for hydroxylation is 3. The second-order valence-corrected chi connectivity index (χ2v) is 12.1. The molecular formula is C41H44. The molecule has 0 amide bonds. The third-order valence-electron chi connectivity index (χ3n) is 8.89. The monoisotopic (exact) mass is 536 g/mol. The second kappa shape index (κ2) is 12.3. The van der Waals surface area contributed by atoms with E-state index in [2.05, 4.69) is 126 Å². The topological polar surface area (TPSA) is 0 Å². The minimum atomic E-state index is 0.278. The molecule has 1 fully saturated rings. The van der Waals surface area contributed by atoms with Crippen LogP contribution < -0.4 is 0 Å². The second-order valence-electron chi connectivity index (χ2n) is 12.1. The predicted octanol–water partition coefficient (Wildman–Crippen LogP) is 11.2. The minimum Gasteiger partial charge on any atom is -0.0955 e. The highest BCUT2D eigenvalue weighted by molar-refractivity contribution is 5.67. The van der Waals surface area contributed by atoms with Gasteiger partial charge < -0.3 is 0 Å². The van der Waals surface area contributed by atoms with Gasteiger partial charge in [0, 0.05) is 11.8 Å². The van der Waals surface area contributed by atoms with E-state index >= 15 is 0 Å². The molecule has 2 aliphatic carbocycles. The summed E-state index contributed by atoms with van der Waals surface area (Å²) in [6.45, 7) is 22.0. The first kappa shape index (κ1) is 28.6. The summed E-state index contributed by atoms with van der Waals surface area (Å²) < 4.78 is 0. The summed E-state index contributed by atoms with van der Waals surface area (Å²) >= 11 is 0. The van der Waals surface area contributed by atoms with Gasteiger partial charge in [-0.05, 0) is 96.6 Å². The van der Waals surface area contributed by atoms with Crippen molar-refractivity contribution < 1.29 is 0 Å². The molecule has 0 spiro atoms. The highest BCUT2D eigenvalue weighted by Gasteiger charge is 2.40. The number of hydrogen-bond acceptors (Lipinski definition) is 0. The largest absolute Gasteiger partial charge is 0.0955 e. The normalized spacial score (nSPS) is 19.4. The van der Waals surface area contributed by atoms with Crippen LogP contribution in [0.2, 0.25) is 0 Å². The maximum atomic E-state index is 4.70. The zero-order valence-electron chi connectivity index (χ0n) is 25.4. The zero-order valence-corrected chi connectivity index (χ0v) is 25.4. The van der Waals surface area contributed by atoms with Crippen molar-refractivity contribution in [2.45, 2.75) is 65.7 Å². The van der Waals surface area contributed by atoms with Gasteiger partial charge in [-0.2, -0.15) is 0 Å². The molecule has 208 valence electrons. The van der Waals surface area contributed by atoms with Gasteiger partial charge in [0.1, 0.15) is 0 Å². The van der Waals surface area contributed by atoms with Gasteiger partial charge in [-0.15, -0.1) is 0 Å². The molecule has 0 saturated heterocycles. The van der Waals surface area contributed by atoms with Gasteiger partial charge in [0.25, 0.3) is 0 Å². The van der Waals surface area contributed by atoms with Crippen LogP contribution in [0, 0.1) is 12.8 Å². The van der Waals surface area contributed by atoms with Gasteiger partial charge in [0.15, 0.2) is 0 Å². The van der Waals surface area contributed by atoms with Gasteiger partial charge in [0.2, 0.25) is 0 Å². The maximum Gasteiger partial charge on any atom is 0.0201 e. The lowest BCUT2D eigenvalue weighted by molar-refractivity contribution is 0.619. The summed E-state index contributed by atoms with van der Waals surface area (Å²) in [6.07, 6.45) is 10.00. The molecule has 41 heavy (non-hydrogen) atoms. The van der Waals surface area contributed by atoms with Crippen molar-refractivity contribution in [3.05, 3.63) is 165 Å². The molecule has 0 heterocycles.